The molecule has 3 nitrogen and oxygen atoms in total. The third-order valence-corrected chi connectivity index (χ3v) is 2.71. The summed E-state index contributed by atoms with van der Waals surface area (Å²) in [4.78, 5) is 4.30. The summed E-state index contributed by atoms with van der Waals surface area (Å²) in [5.74, 6) is 1.76. The highest BCUT2D eigenvalue weighted by Gasteiger charge is 2.03. The summed E-state index contributed by atoms with van der Waals surface area (Å²) in [7, 11) is 1.95. The number of rotatable bonds is 3. The minimum atomic E-state index is 0.477. The Morgan fingerprint density at radius 1 is 1.31 bits per heavy atom. The van der Waals surface area contributed by atoms with Crippen molar-refractivity contribution in [3.05, 3.63) is 46.5 Å². The fraction of sp³-hybridized carbons (Fsp3) is 0.250. The zero-order chi connectivity index (χ0) is 11.5. The molecule has 4 heteroatoms. The van der Waals surface area contributed by atoms with E-state index in [2.05, 4.69) is 27.8 Å². The minimum Gasteiger partial charge on any atom is -0.486 e. The number of benzene rings is 1. The van der Waals surface area contributed by atoms with Crippen molar-refractivity contribution in [1.82, 2.24) is 9.55 Å². The molecule has 1 aromatic heterocycles. The van der Waals surface area contributed by atoms with Gasteiger partial charge in [0.1, 0.15) is 22.8 Å². The summed E-state index contributed by atoms with van der Waals surface area (Å²) in [5.41, 5.74) is 1.23. The van der Waals surface area contributed by atoms with Gasteiger partial charge in [-0.3, -0.25) is 0 Å². The Balaban J connectivity index is 2.02. The van der Waals surface area contributed by atoms with Crippen molar-refractivity contribution in [3.63, 3.8) is 0 Å². The average molecular weight is 281 g/mol. The van der Waals surface area contributed by atoms with Crippen molar-refractivity contribution in [3.8, 4) is 5.75 Å². The quantitative estimate of drug-likeness (QED) is 0.864. The molecule has 0 N–H and O–H groups in total. The van der Waals surface area contributed by atoms with Crippen LogP contribution >= 0.6 is 15.9 Å². The number of hydrogen-bond donors (Lipinski definition) is 0. The van der Waals surface area contributed by atoms with Gasteiger partial charge in [-0.05, 0) is 35.0 Å². The van der Waals surface area contributed by atoms with Crippen molar-refractivity contribution < 1.29 is 4.74 Å². The van der Waals surface area contributed by atoms with Crippen LogP contribution in [0, 0.1) is 6.92 Å². The third kappa shape index (κ3) is 2.64. The molecule has 0 saturated heterocycles. The second-order valence-corrected chi connectivity index (χ2v) is 4.50. The Morgan fingerprint density at radius 3 is 2.56 bits per heavy atom. The van der Waals surface area contributed by atoms with Crippen molar-refractivity contribution in [2.24, 2.45) is 7.05 Å². The Bertz CT molecular complexity index is 476. The number of hydrogen-bond acceptors (Lipinski definition) is 2. The molecule has 0 spiro atoms. The lowest BCUT2D eigenvalue weighted by atomic mass is 10.2. The molecular weight excluding hydrogens is 268 g/mol. The van der Waals surface area contributed by atoms with Gasteiger partial charge in [-0.15, -0.1) is 0 Å². The Kier molecular flexibility index (Phi) is 3.29. The lowest BCUT2D eigenvalue weighted by Crippen LogP contribution is -2.02. The number of aryl methyl sites for hydroxylation is 2. The molecule has 1 heterocycles. The molecule has 0 unspecified atom stereocenters. The number of halogens is 1. The van der Waals surface area contributed by atoms with E-state index in [1.807, 2.05) is 42.1 Å². The highest BCUT2D eigenvalue weighted by molar-refractivity contribution is 9.10. The van der Waals surface area contributed by atoms with Gasteiger partial charge in [-0.25, -0.2) is 4.98 Å². The van der Waals surface area contributed by atoms with Crippen molar-refractivity contribution in [2.75, 3.05) is 0 Å². The molecule has 0 bridgehead atoms. The molecule has 16 heavy (non-hydrogen) atoms. The van der Waals surface area contributed by atoms with Crippen LogP contribution in [-0.2, 0) is 13.7 Å². The molecule has 1 aromatic carbocycles. The zero-order valence-electron chi connectivity index (χ0n) is 9.27. The van der Waals surface area contributed by atoms with Crippen LogP contribution in [0.25, 0.3) is 0 Å². The van der Waals surface area contributed by atoms with E-state index < -0.39 is 0 Å². The summed E-state index contributed by atoms with van der Waals surface area (Å²) in [6, 6.07) is 7.99. The highest BCUT2D eigenvalue weighted by atomic mass is 79.9. The summed E-state index contributed by atoms with van der Waals surface area (Å²) >= 11 is 3.33. The molecule has 0 aliphatic carbocycles. The molecule has 0 amide bonds. The molecule has 2 aromatic rings. The van der Waals surface area contributed by atoms with Crippen LogP contribution in [0.2, 0.25) is 0 Å². The maximum atomic E-state index is 5.64. The molecule has 0 radical (unpaired) electrons. The highest BCUT2D eigenvalue weighted by Crippen LogP contribution is 2.14. The Labute approximate surface area is 103 Å². The topological polar surface area (TPSA) is 27.1 Å². The molecule has 0 saturated carbocycles. The van der Waals surface area contributed by atoms with Gasteiger partial charge in [-0.2, -0.15) is 0 Å². The van der Waals surface area contributed by atoms with E-state index in [1.165, 1.54) is 5.56 Å². The van der Waals surface area contributed by atoms with Crippen LogP contribution in [0.1, 0.15) is 11.4 Å². The van der Waals surface area contributed by atoms with Gasteiger partial charge in [0, 0.05) is 13.2 Å². The normalized spacial score (nSPS) is 10.4. The van der Waals surface area contributed by atoms with Gasteiger partial charge in [0.2, 0.25) is 0 Å². The summed E-state index contributed by atoms with van der Waals surface area (Å²) in [6.07, 6.45) is 1.91. The van der Waals surface area contributed by atoms with Crippen LogP contribution in [0.5, 0.6) is 5.75 Å². The minimum absolute atomic E-state index is 0.477. The van der Waals surface area contributed by atoms with Crippen molar-refractivity contribution in [2.45, 2.75) is 13.5 Å². The average Bonchev–Trinajstić information content (AvgIpc) is 2.57. The molecule has 0 atom stereocenters. The fourth-order valence-corrected chi connectivity index (χ4v) is 1.89. The van der Waals surface area contributed by atoms with Gasteiger partial charge in [-0.1, -0.05) is 17.7 Å². The second-order valence-electron chi connectivity index (χ2n) is 3.69. The van der Waals surface area contributed by atoms with E-state index >= 15 is 0 Å². The lowest BCUT2D eigenvalue weighted by molar-refractivity contribution is 0.291. The number of imidazole rings is 1. The van der Waals surface area contributed by atoms with Gasteiger partial charge in [0.05, 0.1) is 0 Å². The monoisotopic (exact) mass is 280 g/mol. The summed E-state index contributed by atoms with van der Waals surface area (Å²) < 4.78 is 8.41. The predicted molar refractivity (Wildman–Crippen MR) is 66.4 cm³/mol. The maximum absolute atomic E-state index is 5.64. The summed E-state index contributed by atoms with van der Waals surface area (Å²) in [6.45, 7) is 2.53. The van der Waals surface area contributed by atoms with E-state index in [0.717, 1.165) is 16.2 Å². The molecule has 84 valence electrons. The standard InChI is InChI=1S/C12H13BrN2O/c1-9-3-5-10(6-4-9)16-8-12-14-11(13)7-15(12)2/h3-7H,8H2,1-2H3. The van der Waals surface area contributed by atoms with Crippen LogP contribution in [0.4, 0.5) is 0 Å². The van der Waals surface area contributed by atoms with E-state index in [-0.39, 0.29) is 0 Å². The van der Waals surface area contributed by atoms with Crippen LogP contribution < -0.4 is 4.74 Å². The van der Waals surface area contributed by atoms with Crippen molar-refractivity contribution >= 4 is 15.9 Å². The number of nitrogens with zero attached hydrogens (tertiary/aromatic N) is 2. The first kappa shape index (κ1) is 11.2. The van der Waals surface area contributed by atoms with E-state index in [4.69, 9.17) is 4.74 Å². The zero-order valence-corrected chi connectivity index (χ0v) is 10.9. The second kappa shape index (κ2) is 4.70. The molecule has 2 rings (SSSR count). The molecular formula is C12H13BrN2O. The van der Waals surface area contributed by atoms with Gasteiger partial charge >= 0.3 is 0 Å². The first-order valence-corrected chi connectivity index (χ1v) is 5.81. The Hall–Kier alpha value is -1.29. The van der Waals surface area contributed by atoms with Crippen LogP contribution in [0.15, 0.2) is 35.1 Å². The first-order valence-electron chi connectivity index (χ1n) is 5.02. The lowest BCUT2D eigenvalue weighted by Gasteiger charge is -2.05. The van der Waals surface area contributed by atoms with Crippen LogP contribution in [-0.4, -0.2) is 9.55 Å². The van der Waals surface area contributed by atoms with E-state index in [9.17, 15) is 0 Å². The van der Waals surface area contributed by atoms with E-state index in [0.29, 0.717) is 6.61 Å². The molecule has 0 aliphatic heterocycles. The fourth-order valence-electron chi connectivity index (χ4n) is 1.38. The molecule has 0 aliphatic rings. The number of ether oxygens (including phenoxy) is 1. The Morgan fingerprint density at radius 2 is 2.00 bits per heavy atom. The predicted octanol–water partition coefficient (Wildman–Crippen LogP) is 3.07. The number of aromatic nitrogens is 2. The summed E-state index contributed by atoms with van der Waals surface area (Å²) in [5, 5.41) is 0. The first-order chi connectivity index (χ1) is 7.65. The largest absolute Gasteiger partial charge is 0.486 e. The van der Waals surface area contributed by atoms with Gasteiger partial charge in [0.15, 0.2) is 0 Å². The van der Waals surface area contributed by atoms with Crippen molar-refractivity contribution in [1.29, 1.82) is 0 Å². The third-order valence-electron chi connectivity index (χ3n) is 2.33. The maximum Gasteiger partial charge on any atom is 0.147 e. The SMILES string of the molecule is Cc1ccc(OCc2nc(Br)cn2C)cc1. The van der Waals surface area contributed by atoms with Gasteiger partial charge < -0.3 is 9.30 Å². The van der Waals surface area contributed by atoms with E-state index in [1.54, 1.807) is 0 Å². The smallest absolute Gasteiger partial charge is 0.147 e. The van der Waals surface area contributed by atoms with Gasteiger partial charge in [0.25, 0.3) is 0 Å². The van der Waals surface area contributed by atoms with Crippen LogP contribution in [0.3, 0.4) is 0 Å². The molecule has 0 fully saturated rings.